The van der Waals surface area contributed by atoms with Gasteiger partial charge in [0.15, 0.2) is 5.89 Å². The van der Waals surface area contributed by atoms with Crippen LogP contribution in [0.25, 0.3) is 11.3 Å². The van der Waals surface area contributed by atoms with E-state index in [0.29, 0.717) is 30.1 Å². The predicted octanol–water partition coefficient (Wildman–Crippen LogP) is 3.34. The molecule has 1 aliphatic rings. The van der Waals surface area contributed by atoms with Crippen molar-refractivity contribution < 1.29 is 14.0 Å². The third kappa shape index (κ3) is 6.27. The second-order valence-electron chi connectivity index (χ2n) is 8.75. The molecule has 1 fully saturated rings. The molecule has 0 radical (unpaired) electrons. The van der Waals surface area contributed by atoms with Crippen molar-refractivity contribution in [1.29, 1.82) is 0 Å². The molecule has 3 aromatic rings. The zero-order chi connectivity index (χ0) is 24.6. The van der Waals surface area contributed by atoms with Crippen LogP contribution in [0, 0.1) is 0 Å². The number of benzene rings is 2. The van der Waals surface area contributed by atoms with Gasteiger partial charge in [-0.3, -0.25) is 14.5 Å². The van der Waals surface area contributed by atoms with Crippen LogP contribution in [0.15, 0.2) is 59.0 Å². The second kappa shape index (κ2) is 11.7. The van der Waals surface area contributed by atoms with E-state index in [4.69, 9.17) is 10.2 Å². The van der Waals surface area contributed by atoms with Crippen LogP contribution in [0.1, 0.15) is 46.6 Å². The zero-order valence-corrected chi connectivity index (χ0v) is 20.2. The molecule has 2 amide bonds. The Labute approximate surface area is 206 Å². The maximum atomic E-state index is 12.9. The fourth-order valence-electron chi connectivity index (χ4n) is 4.30. The lowest BCUT2D eigenvalue weighted by molar-refractivity contribution is 0.0922. The van der Waals surface area contributed by atoms with Gasteiger partial charge in [-0.2, -0.15) is 0 Å². The van der Waals surface area contributed by atoms with Gasteiger partial charge in [0.25, 0.3) is 5.91 Å². The van der Waals surface area contributed by atoms with Gasteiger partial charge in [0.05, 0.1) is 0 Å². The van der Waals surface area contributed by atoms with E-state index in [2.05, 4.69) is 27.0 Å². The summed E-state index contributed by atoms with van der Waals surface area (Å²) in [5, 5.41) is 3.00. The van der Waals surface area contributed by atoms with Gasteiger partial charge in [0.2, 0.25) is 11.7 Å². The number of aromatic nitrogens is 1. The highest BCUT2D eigenvalue weighted by Gasteiger charge is 2.22. The molecule has 184 valence electrons. The van der Waals surface area contributed by atoms with E-state index in [0.717, 1.165) is 56.8 Å². The van der Waals surface area contributed by atoms with Crippen molar-refractivity contribution in [2.45, 2.75) is 26.2 Å². The van der Waals surface area contributed by atoms with Gasteiger partial charge in [0.1, 0.15) is 5.69 Å². The normalized spacial score (nSPS) is 14.1. The fourth-order valence-corrected chi connectivity index (χ4v) is 4.30. The molecule has 8 heteroatoms. The first-order chi connectivity index (χ1) is 17.0. The highest BCUT2D eigenvalue weighted by Crippen LogP contribution is 2.24. The van der Waals surface area contributed by atoms with Crippen LogP contribution >= 0.6 is 0 Å². The van der Waals surface area contributed by atoms with Crippen molar-refractivity contribution in [2.75, 3.05) is 44.2 Å². The molecule has 4 rings (SSSR count). The molecule has 35 heavy (non-hydrogen) atoms. The Morgan fingerprint density at radius 1 is 1.06 bits per heavy atom. The van der Waals surface area contributed by atoms with Crippen molar-refractivity contribution in [3.8, 4) is 11.3 Å². The Morgan fingerprint density at radius 2 is 1.83 bits per heavy atom. The van der Waals surface area contributed by atoms with Gasteiger partial charge in [-0.25, -0.2) is 4.98 Å². The molecule has 0 bridgehead atoms. The summed E-state index contributed by atoms with van der Waals surface area (Å²) in [6.07, 6.45) is 2.45. The van der Waals surface area contributed by atoms with Crippen molar-refractivity contribution in [3.05, 3.63) is 71.8 Å². The van der Waals surface area contributed by atoms with Crippen molar-refractivity contribution in [2.24, 2.45) is 5.73 Å². The van der Waals surface area contributed by atoms with Crippen LogP contribution < -0.4 is 16.0 Å². The minimum absolute atomic E-state index is 0.224. The first-order valence-electron chi connectivity index (χ1n) is 12.3. The number of nitrogens with one attached hydrogen (secondary N) is 1. The minimum atomic E-state index is -0.407. The maximum Gasteiger partial charge on any atom is 0.289 e. The number of aryl methyl sites for hydroxylation is 1. The molecule has 0 spiro atoms. The lowest BCUT2D eigenvalue weighted by atomic mass is 10.1. The molecular formula is C27H33N5O3. The molecule has 0 atom stereocenters. The third-order valence-corrected chi connectivity index (χ3v) is 6.19. The number of nitrogens with zero attached hydrogens (tertiary/aromatic N) is 3. The highest BCUT2D eigenvalue weighted by molar-refractivity contribution is 5.97. The van der Waals surface area contributed by atoms with Crippen LogP contribution in [-0.4, -0.2) is 61.0 Å². The zero-order valence-electron chi connectivity index (χ0n) is 20.2. The quantitative estimate of drug-likeness (QED) is 0.436. The molecule has 2 heterocycles. The number of carbonyl (C=O) groups excluding carboxylic acids is 2. The number of nitrogens with two attached hydrogens (primary N) is 1. The molecule has 1 aliphatic heterocycles. The van der Waals surface area contributed by atoms with E-state index in [-0.39, 0.29) is 11.7 Å². The van der Waals surface area contributed by atoms with E-state index in [1.54, 1.807) is 6.07 Å². The summed E-state index contributed by atoms with van der Waals surface area (Å²) in [5.74, 6) is 0.246. The highest BCUT2D eigenvalue weighted by atomic mass is 16.4. The van der Waals surface area contributed by atoms with Crippen molar-refractivity contribution in [1.82, 2.24) is 15.2 Å². The summed E-state index contributed by atoms with van der Waals surface area (Å²) in [7, 11) is 0. The average Bonchev–Trinajstić information content (AvgIpc) is 3.32. The number of hydrogen-bond donors (Lipinski definition) is 2. The Balaban J connectivity index is 1.25. The summed E-state index contributed by atoms with van der Waals surface area (Å²) >= 11 is 0. The van der Waals surface area contributed by atoms with Crippen molar-refractivity contribution in [3.63, 3.8) is 0 Å². The molecular weight excluding hydrogens is 442 g/mol. The number of carbonyl (C=O) groups is 2. The summed E-state index contributed by atoms with van der Waals surface area (Å²) < 4.78 is 5.83. The molecule has 0 saturated carbocycles. The minimum Gasteiger partial charge on any atom is -0.435 e. The lowest BCUT2D eigenvalue weighted by Gasteiger charge is -2.36. The Morgan fingerprint density at radius 3 is 2.54 bits per heavy atom. The van der Waals surface area contributed by atoms with Gasteiger partial charge in [-0.1, -0.05) is 43.3 Å². The first kappa shape index (κ1) is 24.5. The molecule has 1 aromatic heterocycles. The summed E-state index contributed by atoms with van der Waals surface area (Å²) in [4.78, 5) is 33.6. The number of anilines is 1. The van der Waals surface area contributed by atoms with Crippen LogP contribution in [0.5, 0.6) is 0 Å². The Kier molecular flexibility index (Phi) is 8.15. The van der Waals surface area contributed by atoms with Crippen LogP contribution in [0.4, 0.5) is 5.69 Å². The van der Waals surface area contributed by atoms with Gasteiger partial charge < -0.3 is 20.4 Å². The van der Waals surface area contributed by atoms with E-state index in [1.807, 2.05) is 48.5 Å². The summed E-state index contributed by atoms with van der Waals surface area (Å²) in [6, 6.07) is 17.1. The standard InChI is InChI=1S/C27H33N5O3/c1-2-8-23-30-24(20-9-4-3-5-10-20)25(35-23)27(34)29-13-7-14-31-15-17-32(18-16-31)22-12-6-11-21(19-22)26(28)33/h3-6,9-12,19H,2,7-8,13-18H2,1H3,(H2,28,33)(H,29,34). The van der Waals surface area contributed by atoms with E-state index in [1.165, 1.54) is 0 Å². The van der Waals surface area contributed by atoms with Gasteiger partial charge in [-0.05, 0) is 37.6 Å². The van der Waals surface area contributed by atoms with Crippen LogP contribution in [0.3, 0.4) is 0 Å². The lowest BCUT2D eigenvalue weighted by Crippen LogP contribution is -2.47. The molecule has 0 aliphatic carbocycles. The SMILES string of the molecule is CCCc1nc(-c2ccccc2)c(C(=O)NCCCN2CCN(c3cccc(C(N)=O)c3)CC2)o1. The van der Waals surface area contributed by atoms with Crippen LogP contribution in [-0.2, 0) is 6.42 Å². The van der Waals surface area contributed by atoms with Crippen molar-refractivity contribution >= 4 is 17.5 Å². The van der Waals surface area contributed by atoms with E-state index < -0.39 is 5.91 Å². The molecule has 3 N–H and O–H groups in total. The fraction of sp³-hybridized carbons (Fsp3) is 0.370. The summed E-state index contributed by atoms with van der Waals surface area (Å²) in [6.45, 7) is 7.14. The van der Waals surface area contributed by atoms with Gasteiger partial charge in [0, 0.05) is 56.0 Å². The smallest absolute Gasteiger partial charge is 0.289 e. The monoisotopic (exact) mass is 475 g/mol. The molecule has 8 nitrogen and oxygen atoms in total. The average molecular weight is 476 g/mol. The topological polar surface area (TPSA) is 105 Å². The second-order valence-corrected chi connectivity index (χ2v) is 8.75. The maximum absolute atomic E-state index is 12.9. The van der Waals surface area contributed by atoms with Gasteiger partial charge in [-0.15, -0.1) is 0 Å². The first-order valence-corrected chi connectivity index (χ1v) is 12.3. The number of amides is 2. The van der Waals surface area contributed by atoms with E-state index in [9.17, 15) is 9.59 Å². The van der Waals surface area contributed by atoms with Gasteiger partial charge >= 0.3 is 0 Å². The number of piperazine rings is 1. The van der Waals surface area contributed by atoms with E-state index >= 15 is 0 Å². The predicted molar refractivity (Wildman–Crippen MR) is 136 cm³/mol. The van der Waals surface area contributed by atoms with Crippen LogP contribution in [0.2, 0.25) is 0 Å². The number of oxazole rings is 1. The Hall–Kier alpha value is -3.65. The largest absolute Gasteiger partial charge is 0.435 e. The number of hydrogen-bond acceptors (Lipinski definition) is 6. The summed E-state index contributed by atoms with van der Waals surface area (Å²) in [5.41, 5.74) is 8.44. The molecule has 1 saturated heterocycles. The third-order valence-electron chi connectivity index (χ3n) is 6.19. The molecule has 2 aromatic carbocycles. The number of rotatable bonds is 10. The number of primary amides is 1. The Bertz CT molecular complexity index is 1140. The molecule has 0 unspecified atom stereocenters.